The second-order valence-corrected chi connectivity index (χ2v) is 5.10. The molecule has 122 valence electrons. The van der Waals surface area contributed by atoms with E-state index in [9.17, 15) is 9.18 Å². The van der Waals surface area contributed by atoms with Gasteiger partial charge in [-0.3, -0.25) is 4.79 Å². The van der Waals surface area contributed by atoms with E-state index in [1.807, 2.05) is 19.1 Å². The number of rotatable bonds is 6. The van der Waals surface area contributed by atoms with E-state index in [-0.39, 0.29) is 5.91 Å². The van der Waals surface area contributed by atoms with Gasteiger partial charge in [0.05, 0.1) is 14.2 Å². The molecule has 0 heterocycles. The van der Waals surface area contributed by atoms with Crippen LogP contribution in [0.1, 0.15) is 21.5 Å². The van der Waals surface area contributed by atoms with Crippen molar-refractivity contribution >= 4 is 5.91 Å². The molecule has 0 fully saturated rings. The van der Waals surface area contributed by atoms with Crippen molar-refractivity contribution < 1.29 is 18.7 Å². The standard InChI is InChI=1S/C18H20FNO3/c1-12-16(22-2)8-7-13(17(12)23-3)9-10-20-18(21)14-5-4-6-15(19)11-14/h4-8,11H,9-10H2,1-3H3,(H,20,21). The van der Waals surface area contributed by atoms with Crippen LogP contribution in [0.3, 0.4) is 0 Å². The van der Waals surface area contributed by atoms with E-state index in [2.05, 4.69) is 5.32 Å². The van der Waals surface area contributed by atoms with E-state index in [0.29, 0.717) is 18.5 Å². The van der Waals surface area contributed by atoms with Crippen molar-refractivity contribution in [1.29, 1.82) is 0 Å². The molecule has 0 saturated heterocycles. The summed E-state index contributed by atoms with van der Waals surface area (Å²) in [6.07, 6.45) is 0.606. The highest BCUT2D eigenvalue weighted by molar-refractivity contribution is 5.94. The summed E-state index contributed by atoms with van der Waals surface area (Å²) in [6, 6.07) is 9.41. The van der Waals surface area contributed by atoms with Crippen LogP contribution in [0.4, 0.5) is 4.39 Å². The van der Waals surface area contributed by atoms with Gasteiger partial charge in [-0.15, -0.1) is 0 Å². The summed E-state index contributed by atoms with van der Waals surface area (Å²) in [5.74, 6) is 0.789. The molecule has 0 aliphatic carbocycles. The Bertz CT molecular complexity index is 701. The Kier molecular flexibility index (Phi) is 5.57. The molecule has 2 aromatic rings. The second-order valence-electron chi connectivity index (χ2n) is 5.10. The minimum Gasteiger partial charge on any atom is -0.496 e. The molecule has 0 atom stereocenters. The fraction of sp³-hybridized carbons (Fsp3) is 0.278. The summed E-state index contributed by atoms with van der Waals surface area (Å²) in [6.45, 7) is 2.35. The summed E-state index contributed by atoms with van der Waals surface area (Å²) in [4.78, 5) is 12.0. The summed E-state index contributed by atoms with van der Waals surface area (Å²) in [5.41, 5.74) is 2.21. The first-order valence-corrected chi connectivity index (χ1v) is 7.31. The number of carbonyl (C=O) groups excluding carboxylic acids is 1. The fourth-order valence-electron chi connectivity index (χ4n) is 2.47. The highest BCUT2D eigenvalue weighted by Crippen LogP contribution is 2.31. The Morgan fingerprint density at radius 3 is 2.61 bits per heavy atom. The monoisotopic (exact) mass is 317 g/mol. The third-order valence-electron chi connectivity index (χ3n) is 3.63. The van der Waals surface area contributed by atoms with E-state index in [1.54, 1.807) is 20.3 Å². The zero-order valence-corrected chi connectivity index (χ0v) is 13.5. The van der Waals surface area contributed by atoms with Crippen LogP contribution in [0.25, 0.3) is 0 Å². The van der Waals surface area contributed by atoms with Crippen molar-refractivity contribution in [3.05, 3.63) is 58.9 Å². The van der Waals surface area contributed by atoms with Crippen LogP contribution in [0.15, 0.2) is 36.4 Å². The van der Waals surface area contributed by atoms with Crippen LogP contribution in [0, 0.1) is 12.7 Å². The van der Waals surface area contributed by atoms with Crippen molar-refractivity contribution in [3.8, 4) is 11.5 Å². The van der Waals surface area contributed by atoms with E-state index in [0.717, 1.165) is 22.6 Å². The van der Waals surface area contributed by atoms with Gasteiger partial charge < -0.3 is 14.8 Å². The SMILES string of the molecule is COc1ccc(CCNC(=O)c2cccc(F)c2)c(OC)c1C. The van der Waals surface area contributed by atoms with Gasteiger partial charge >= 0.3 is 0 Å². The van der Waals surface area contributed by atoms with E-state index in [4.69, 9.17) is 9.47 Å². The van der Waals surface area contributed by atoms with E-state index < -0.39 is 5.82 Å². The first-order valence-electron chi connectivity index (χ1n) is 7.31. The normalized spacial score (nSPS) is 10.3. The number of amides is 1. The molecule has 0 spiro atoms. The maximum atomic E-state index is 13.1. The molecule has 0 saturated carbocycles. The number of ether oxygens (including phenoxy) is 2. The Labute approximate surface area is 135 Å². The average Bonchev–Trinajstić information content (AvgIpc) is 2.55. The maximum Gasteiger partial charge on any atom is 0.251 e. The molecule has 2 aromatic carbocycles. The van der Waals surface area contributed by atoms with Crippen molar-refractivity contribution in [2.45, 2.75) is 13.3 Å². The predicted molar refractivity (Wildman–Crippen MR) is 86.7 cm³/mol. The molecule has 5 heteroatoms. The zero-order chi connectivity index (χ0) is 16.8. The average molecular weight is 317 g/mol. The van der Waals surface area contributed by atoms with Crippen LogP contribution in [-0.2, 0) is 6.42 Å². The van der Waals surface area contributed by atoms with Crippen LogP contribution in [-0.4, -0.2) is 26.7 Å². The minimum absolute atomic E-state index is 0.297. The van der Waals surface area contributed by atoms with Crippen molar-refractivity contribution in [1.82, 2.24) is 5.32 Å². The molecule has 0 radical (unpaired) electrons. The van der Waals surface area contributed by atoms with Crippen LogP contribution in [0.5, 0.6) is 11.5 Å². The summed E-state index contributed by atoms with van der Waals surface area (Å²) >= 11 is 0. The zero-order valence-electron chi connectivity index (χ0n) is 13.5. The summed E-state index contributed by atoms with van der Waals surface area (Å²) < 4.78 is 23.8. The number of benzene rings is 2. The number of methoxy groups -OCH3 is 2. The number of hydrogen-bond donors (Lipinski definition) is 1. The summed E-state index contributed by atoms with van der Waals surface area (Å²) in [5, 5.41) is 2.78. The molecular weight excluding hydrogens is 297 g/mol. The largest absolute Gasteiger partial charge is 0.496 e. The van der Waals surface area contributed by atoms with Gasteiger partial charge in [-0.05, 0) is 43.2 Å². The molecule has 0 bridgehead atoms. The number of nitrogens with one attached hydrogen (secondary N) is 1. The first-order chi connectivity index (χ1) is 11.1. The van der Waals surface area contributed by atoms with Crippen LogP contribution < -0.4 is 14.8 Å². The Morgan fingerprint density at radius 1 is 1.17 bits per heavy atom. The fourth-order valence-corrected chi connectivity index (χ4v) is 2.47. The molecule has 0 aliphatic heterocycles. The molecule has 1 amide bonds. The molecule has 4 nitrogen and oxygen atoms in total. The first kappa shape index (κ1) is 16.8. The lowest BCUT2D eigenvalue weighted by molar-refractivity contribution is 0.0953. The smallest absolute Gasteiger partial charge is 0.251 e. The lowest BCUT2D eigenvalue weighted by Crippen LogP contribution is -2.25. The molecule has 1 N–H and O–H groups in total. The van der Waals surface area contributed by atoms with Gasteiger partial charge in [0.25, 0.3) is 5.91 Å². The van der Waals surface area contributed by atoms with Gasteiger partial charge in [0, 0.05) is 17.7 Å². The van der Waals surface area contributed by atoms with Crippen molar-refractivity contribution in [2.24, 2.45) is 0 Å². The van der Waals surface area contributed by atoms with E-state index in [1.165, 1.54) is 18.2 Å². The molecule has 0 aromatic heterocycles. The molecule has 0 aliphatic rings. The van der Waals surface area contributed by atoms with Gasteiger partial charge in [-0.2, -0.15) is 0 Å². The molecule has 0 unspecified atom stereocenters. The number of halogens is 1. The van der Waals surface area contributed by atoms with Gasteiger partial charge in [-0.25, -0.2) is 4.39 Å². The van der Waals surface area contributed by atoms with Gasteiger partial charge in [0.15, 0.2) is 0 Å². The third kappa shape index (κ3) is 4.00. The Hall–Kier alpha value is -2.56. The highest BCUT2D eigenvalue weighted by Gasteiger charge is 2.12. The highest BCUT2D eigenvalue weighted by atomic mass is 19.1. The number of hydrogen-bond acceptors (Lipinski definition) is 3. The quantitative estimate of drug-likeness (QED) is 0.890. The molecule has 23 heavy (non-hydrogen) atoms. The second kappa shape index (κ2) is 7.63. The lowest BCUT2D eigenvalue weighted by Gasteiger charge is -2.14. The lowest BCUT2D eigenvalue weighted by atomic mass is 10.1. The van der Waals surface area contributed by atoms with Gasteiger partial charge in [-0.1, -0.05) is 12.1 Å². The molecule has 2 rings (SSSR count). The van der Waals surface area contributed by atoms with Gasteiger partial charge in [0.2, 0.25) is 0 Å². The topological polar surface area (TPSA) is 47.6 Å². The van der Waals surface area contributed by atoms with Crippen LogP contribution >= 0.6 is 0 Å². The maximum absolute atomic E-state index is 13.1. The Balaban J connectivity index is 2.01. The Morgan fingerprint density at radius 2 is 1.96 bits per heavy atom. The molecular formula is C18H20FNO3. The van der Waals surface area contributed by atoms with Crippen molar-refractivity contribution in [3.63, 3.8) is 0 Å². The van der Waals surface area contributed by atoms with Crippen LogP contribution in [0.2, 0.25) is 0 Å². The third-order valence-corrected chi connectivity index (χ3v) is 3.63. The summed E-state index contributed by atoms with van der Waals surface area (Å²) in [7, 11) is 3.22. The van der Waals surface area contributed by atoms with Crippen molar-refractivity contribution in [2.75, 3.05) is 20.8 Å². The van der Waals surface area contributed by atoms with Gasteiger partial charge in [0.1, 0.15) is 17.3 Å². The minimum atomic E-state index is -0.426. The number of carbonyl (C=O) groups is 1. The van der Waals surface area contributed by atoms with E-state index >= 15 is 0 Å². The predicted octanol–water partition coefficient (Wildman–Crippen LogP) is 3.12.